The molecule has 1 aliphatic rings. The fourth-order valence-electron chi connectivity index (χ4n) is 3.40. The molecule has 1 fully saturated rings. The van der Waals surface area contributed by atoms with Crippen molar-refractivity contribution in [3.63, 3.8) is 0 Å². The number of esters is 1. The van der Waals surface area contributed by atoms with Crippen LogP contribution in [-0.4, -0.2) is 49.3 Å². The van der Waals surface area contributed by atoms with Crippen LogP contribution >= 0.6 is 0 Å². The van der Waals surface area contributed by atoms with Gasteiger partial charge in [-0.25, -0.2) is 4.79 Å². The van der Waals surface area contributed by atoms with Crippen LogP contribution in [0.25, 0.3) is 11.0 Å². The van der Waals surface area contributed by atoms with Gasteiger partial charge in [0.2, 0.25) is 5.76 Å². The number of piperidine rings is 1. The van der Waals surface area contributed by atoms with Gasteiger partial charge in [-0.3, -0.25) is 4.90 Å². The standard InChI is InChI=1S/C22H31NO5/c1-15(2)26-17-12-19(27-16(3)4)18-14-21(28-20(18)13-17)22(24)25-11-10-23-8-6-5-7-9-23/h12-16H,5-11H2,1-4H3. The lowest BCUT2D eigenvalue weighted by molar-refractivity contribution is 0.0419. The van der Waals surface area contributed by atoms with Gasteiger partial charge in [0, 0.05) is 24.7 Å². The average Bonchev–Trinajstić information content (AvgIpc) is 3.06. The lowest BCUT2D eigenvalue weighted by Crippen LogP contribution is -2.33. The molecule has 0 radical (unpaired) electrons. The Morgan fingerprint density at radius 2 is 1.75 bits per heavy atom. The minimum Gasteiger partial charge on any atom is -0.491 e. The van der Waals surface area contributed by atoms with E-state index in [2.05, 4.69) is 4.90 Å². The van der Waals surface area contributed by atoms with Gasteiger partial charge >= 0.3 is 5.97 Å². The summed E-state index contributed by atoms with van der Waals surface area (Å²) in [6, 6.07) is 5.31. The van der Waals surface area contributed by atoms with Crippen LogP contribution in [0.4, 0.5) is 0 Å². The largest absolute Gasteiger partial charge is 0.491 e. The first-order valence-electron chi connectivity index (χ1n) is 10.2. The van der Waals surface area contributed by atoms with E-state index in [1.807, 2.05) is 33.8 Å². The SMILES string of the molecule is CC(C)Oc1cc(OC(C)C)c2cc(C(=O)OCCN3CCCCC3)oc2c1. The van der Waals surface area contributed by atoms with Crippen LogP contribution in [0.3, 0.4) is 0 Å². The molecule has 0 bridgehead atoms. The van der Waals surface area contributed by atoms with Crippen molar-refractivity contribution in [2.75, 3.05) is 26.2 Å². The van der Waals surface area contributed by atoms with E-state index in [1.54, 1.807) is 12.1 Å². The number of furan rings is 1. The van der Waals surface area contributed by atoms with Crippen LogP contribution in [0.1, 0.15) is 57.5 Å². The van der Waals surface area contributed by atoms with Gasteiger partial charge in [0.1, 0.15) is 23.7 Å². The van der Waals surface area contributed by atoms with Crippen molar-refractivity contribution in [1.82, 2.24) is 4.90 Å². The highest BCUT2D eigenvalue weighted by Crippen LogP contribution is 2.35. The van der Waals surface area contributed by atoms with Crippen molar-refractivity contribution in [2.24, 2.45) is 0 Å². The Morgan fingerprint density at radius 1 is 1.04 bits per heavy atom. The topological polar surface area (TPSA) is 61.1 Å². The monoisotopic (exact) mass is 389 g/mol. The molecular weight excluding hydrogens is 358 g/mol. The number of rotatable bonds is 8. The van der Waals surface area contributed by atoms with E-state index in [9.17, 15) is 4.79 Å². The molecule has 3 rings (SSSR count). The van der Waals surface area contributed by atoms with Gasteiger partial charge in [-0.1, -0.05) is 6.42 Å². The molecule has 0 aliphatic carbocycles. The molecule has 0 atom stereocenters. The zero-order valence-corrected chi connectivity index (χ0v) is 17.3. The molecule has 2 aromatic rings. The Labute approximate surface area is 166 Å². The first-order chi connectivity index (χ1) is 13.4. The second-order valence-corrected chi connectivity index (χ2v) is 7.82. The minimum atomic E-state index is -0.449. The number of benzene rings is 1. The molecule has 1 aromatic heterocycles. The molecule has 0 unspecified atom stereocenters. The maximum atomic E-state index is 12.4. The summed E-state index contributed by atoms with van der Waals surface area (Å²) >= 11 is 0. The molecule has 6 nitrogen and oxygen atoms in total. The fraction of sp³-hybridized carbons (Fsp3) is 0.591. The minimum absolute atomic E-state index is 0.00709. The van der Waals surface area contributed by atoms with Gasteiger partial charge in [0.25, 0.3) is 0 Å². The maximum absolute atomic E-state index is 12.4. The molecule has 0 spiro atoms. The summed E-state index contributed by atoms with van der Waals surface area (Å²) in [7, 11) is 0. The summed E-state index contributed by atoms with van der Waals surface area (Å²) in [6.07, 6.45) is 3.75. The molecule has 154 valence electrons. The third-order valence-electron chi connectivity index (χ3n) is 4.60. The number of carbonyl (C=O) groups excluding carboxylic acids is 1. The normalized spacial score (nSPS) is 15.4. The smallest absolute Gasteiger partial charge is 0.374 e. The highest BCUT2D eigenvalue weighted by atomic mass is 16.5. The molecule has 1 saturated heterocycles. The van der Waals surface area contributed by atoms with E-state index < -0.39 is 5.97 Å². The third-order valence-corrected chi connectivity index (χ3v) is 4.60. The third kappa shape index (κ3) is 5.41. The van der Waals surface area contributed by atoms with Gasteiger partial charge in [-0.05, 0) is 53.6 Å². The summed E-state index contributed by atoms with van der Waals surface area (Å²) in [5.74, 6) is 1.02. The fourth-order valence-corrected chi connectivity index (χ4v) is 3.40. The highest BCUT2D eigenvalue weighted by Gasteiger charge is 2.19. The van der Waals surface area contributed by atoms with Crippen LogP contribution < -0.4 is 9.47 Å². The Balaban J connectivity index is 1.72. The Kier molecular flexibility index (Phi) is 6.83. The van der Waals surface area contributed by atoms with E-state index >= 15 is 0 Å². The van der Waals surface area contributed by atoms with Crippen LogP contribution in [0.15, 0.2) is 22.6 Å². The maximum Gasteiger partial charge on any atom is 0.374 e. The average molecular weight is 389 g/mol. The molecular formula is C22H31NO5. The van der Waals surface area contributed by atoms with E-state index in [-0.39, 0.29) is 18.0 Å². The van der Waals surface area contributed by atoms with E-state index in [4.69, 9.17) is 18.6 Å². The van der Waals surface area contributed by atoms with Crippen molar-refractivity contribution in [1.29, 1.82) is 0 Å². The number of carbonyl (C=O) groups is 1. The molecule has 28 heavy (non-hydrogen) atoms. The van der Waals surface area contributed by atoms with Crippen molar-refractivity contribution in [3.05, 3.63) is 24.0 Å². The first kappa shape index (κ1) is 20.5. The van der Waals surface area contributed by atoms with Crippen LogP contribution in [-0.2, 0) is 4.74 Å². The number of ether oxygens (including phenoxy) is 3. The van der Waals surface area contributed by atoms with Gasteiger partial charge in [-0.15, -0.1) is 0 Å². The molecule has 0 N–H and O–H groups in total. The summed E-state index contributed by atoms with van der Waals surface area (Å²) in [5, 5.41) is 0.743. The van der Waals surface area contributed by atoms with E-state index in [0.717, 1.165) is 25.0 Å². The van der Waals surface area contributed by atoms with Gasteiger partial charge in [0.05, 0.1) is 17.6 Å². The molecule has 1 aromatic carbocycles. The zero-order valence-electron chi connectivity index (χ0n) is 17.3. The number of nitrogens with zero attached hydrogens (tertiary/aromatic N) is 1. The Bertz CT molecular complexity index is 790. The summed E-state index contributed by atoms with van der Waals surface area (Å²) < 4.78 is 22.9. The molecule has 6 heteroatoms. The van der Waals surface area contributed by atoms with Crippen LogP contribution in [0.5, 0.6) is 11.5 Å². The van der Waals surface area contributed by atoms with Crippen LogP contribution in [0.2, 0.25) is 0 Å². The van der Waals surface area contributed by atoms with Gasteiger partial charge in [0.15, 0.2) is 0 Å². The molecule has 1 aliphatic heterocycles. The van der Waals surface area contributed by atoms with E-state index in [0.29, 0.717) is 23.7 Å². The Hall–Kier alpha value is -2.21. The number of hydrogen-bond acceptors (Lipinski definition) is 6. The Morgan fingerprint density at radius 3 is 2.43 bits per heavy atom. The number of hydrogen-bond donors (Lipinski definition) is 0. The van der Waals surface area contributed by atoms with Crippen LogP contribution in [0, 0.1) is 0 Å². The highest BCUT2D eigenvalue weighted by molar-refractivity contribution is 5.95. The number of likely N-dealkylation sites (tertiary alicyclic amines) is 1. The summed E-state index contributed by atoms with van der Waals surface area (Å²) in [5.41, 5.74) is 0.553. The summed E-state index contributed by atoms with van der Waals surface area (Å²) in [6.45, 7) is 11.1. The van der Waals surface area contributed by atoms with Gasteiger partial charge in [-0.2, -0.15) is 0 Å². The van der Waals surface area contributed by atoms with Crippen molar-refractivity contribution >= 4 is 16.9 Å². The predicted molar refractivity (Wildman–Crippen MR) is 108 cm³/mol. The summed E-state index contributed by atoms with van der Waals surface area (Å²) in [4.78, 5) is 14.8. The van der Waals surface area contributed by atoms with Gasteiger partial charge < -0.3 is 18.6 Å². The second kappa shape index (κ2) is 9.32. The predicted octanol–water partition coefficient (Wildman–Crippen LogP) is 4.65. The quantitative estimate of drug-likeness (QED) is 0.613. The second-order valence-electron chi connectivity index (χ2n) is 7.82. The molecule has 0 amide bonds. The lowest BCUT2D eigenvalue weighted by Gasteiger charge is -2.25. The van der Waals surface area contributed by atoms with Crippen molar-refractivity contribution in [3.8, 4) is 11.5 Å². The molecule has 2 heterocycles. The van der Waals surface area contributed by atoms with Crippen molar-refractivity contribution < 1.29 is 23.4 Å². The van der Waals surface area contributed by atoms with Crippen molar-refractivity contribution in [2.45, 2.75) is 59.2 Å². The zero-order chi connectivity index (χ0) is 20.1. The van der Waals surface area contributed by atoms with E-state index in [1.165, 1.54) is 19.3 Å². The lowest BCUT2D eigenvalue weighted by atomic mass is 10.1. The first-order valence-corrected chi connectivity index (χ1v) is 10.2. The number of fused-ring (bicyclic) bond motifs is 1. The molecule has 0 saturated carbocycles.